The van der Waals surface area contributed by atoms with Gasteiger partial charge in [-0.3, -0.25) is 5.01 Å². The second-order valence-corrected chi connectivity index (χ2v) is 4.29. The van der Waals surface area contributed by atoms with Gasteiger partial charge in [-0.15, -0.1) is 0 Å². The first-order chi connectivity index (χ1) is 7.19. The third kappa shape index (κ3) is 1.63. The number of carbonyl (C=O) groups is 1. The Labute approximate surface area is 90.2 Å². The second kappa shape index (κ2) is 3.85. The largest absolute Gasteiger partial charge is 0.464 e. The van der Waals surface area contributed by atoms with Crippen LogP contribution in [0, 0.1) is 0 Å². The lowest BCUT2D eigenvalue weighted by Gasteiger charge is -2.45. The molecule has 1 N–H and O–H groups in total. The number of hydrazine groups is 1. The number of rotatable bonds is 3. The van der Waals surface area contributed by atoms with Gasteiger partial charge in [0.25, 0.3) is 0 Å². The normalized spacial score (nSPS) is 23.3. The van der Waals surface area contributed by atoms with Crippen molar-refractivity contribution < 1.29 is 9.53 Å². The van der Waals surface area contributed by atoms with E-state index < -0.39 is 5.54 Å². The molecule has 2 aliphatic rings. The summed E-state index contributed by atoms with van der Waals surface area (Å²) < 4.78 is 5.15. The van der Waals surface area contributed by atoms with Gasteiger partial charge in [0.2, 0.25) is 0 Å². The van der Waals surface area contributed by atoms with Crippen molar-refractivity contribution in [3.8, 4) is 0 Å². The van der Waals surface area contributed by atoms with Crippen LogP contribution in [0.25, 0.3) is 0 Å². The summed E-state index contributed by atoms with van der Waals surface area (Å²) in [6.07, 6.45) is 4.91. The van der Waals surface area contributed by atoms with E-state index >= 15 is 0 Å². The molecule has 15 heavy (non-hydrogen) atoms. The van der Waals surface area contributed by atoms with Crippen LogP contribution in [-0.2, 0) is 9.53 Å². The summed E-state index contributed by atoms with van der Waals surface area (Å²) in [5.74, 6) is -0.0882. The molecule has 2 rings (SSSR count). The van der Waals surface area contributed by atoms with Crippen LogP contribution < -0.4 is 5.43 Å². The number of hydrogen-bond acceptors (Lipinski definition) is 4. The van der Waals surface area contributed by atoms with Gasteiger partial charge in [0.15, 0.2) is 5.54 Å². The lowest BCUT2D eigenvalue weighted by molar-refractivity contribution is -0.164. The maximum absolute atomic E-state index is 11.9. The molecule has 1 aliphatic heterocycles. The Balaban J connectivity index is 2.11. The lowest BCUT2D eigenvalue weighted by Crippen LogP contribution is -2.60. The van der Waals surface area contributed by atoms with Crippen LogP contribution in [0.1, 0.15) is 33.1 Å². The molecule has 1 fully saturated rings. The quantitative estimate of drug-likeness (QED) is 0.711. The summed E-state index contributed by atoms with van der Waals surface area (Å²) in [4.78, 5) is 11.9. The number of hydrogen-bond donors (Lipinski definition) is 1. The van der Waals surface area contributed by atoms with E-state index in [4.69, 9.17) is 4.74 Å². The Morgan fingerprint density at radius 1 is 1.67 bits per heavy atom. The molecular weight excluding hydrogens is 192 g/mol. The molecule has 0 aromatic rings. The highest BCUT2D eigenvalue weighted by Crippen LogP contribution is 2.39. The van der Waals surface area contributed by atoms with Crippen LogP contribution in [0.4, 0.5) is 0 Å². The molecule has 0 spiro atoms. The number of ether oxygens (including phenoxy) is 1. The van der Waals surface area contributed by atoms with Crippen molar-refractivity contribution in [2.24, 2.45) is 0 Å². The smallest absolute Gasteiger partial charge is 0.333 e. The molecule has 0 bridgehead atoms. The minimum absolute atomic E-state index is 0.0882. The highest BCUT2D eigenvalue weighted by molar-refractivity contribution is 5.82. The van der Waals surface area contributed by atoms with E-state index in [0.29, 0.717) is 6.61 Å². The Bertz CT molecular complexity index is 295. The number of nitrogens with zero attached hydrogens (tertiary/aromatic N) is 1. The van der Waals surface area contributed by atoms with Crippen LogP contribution in [0.2, 0.25) is 0 Å². The fourth-order valence-electron chi connectivity index (χ4n) is 2.12. The van der Waals surface area contributed by atoms with Gasteiger partial charge in [-0.1, -0.05) is 0 Å². The van der Waals surface area contributed by atoms with Crippen molar-refractivity contribution in [1.82, 2.24) is 10.4 Å². The van der Waals surface area contributed by atoms with Gasteiger partial charge in [0, 0.05) is 12.7 Å². The molecule has 0 atom stereocenters. The fourth-order valence-corrected chi connectivity index (χ4v) is 2.12. The zero-order chi connectivity index (χ0) is 10.9. The minimum atomic E-state index is -0.423. The van der Waals surface area contributed by atoms with Crippen molar-refractivity contribution >= 4 is 5.97 Å². The van der Waals surface area contributed by atoms with E-state index in [1.807, 2.05) is 18.1 Å². The maximum Gasteiger partial charge on any atom is 0.333 e. The Hall–Kier alpha value is -1.03. The Kier molecular flexibility index (Phi) is 2.69. The third-order valence-electron chi connectivity index (χ3n) is 3.17. The van der Waals surface area contributed by atoms with Gasteiger partial charge in [-0.2, -0.15) is 0 Å². The topological polar surface area (TPSA) is 41.6 Å². The predicted molar refractivity (Wildman–Crippen MR) is 56.8 cm³/mol. The van der Waals surface area contributed by atoms with E-state index in [1.165, 1.54) is 5.57 Å². The summed E-state index contributed by atoms with van der Waals surface area (Å²) in [5, 5.41) is 1.95. The molecular formula is C11H18N2O2. The zero-order valence-corrected chi connectivity index (χ0v) is 9.38. The average Bonchev–Trinajstić information content (AvgIpc) is 2.51. The molecule has 84 valence electrons. The third-order valence-corrected chi connectivity index (χ3v) is 3.17. The highest BCUT2D eigenvalue weighted by atomic mass is 16.5. The van der Waals surface area contributed by atoms with Gasteiger partial charge in [0.1, 0.15) is 0 Å². The van der Waals surface area contributed by atoms with Crippen molar-refractivity contribution in [2.75, 3.05) is 13.2 Å². The average molecular weight is 210 g/mol. The highest BCUT2D eigenvalue weighted by Gasteiger charge is 2.50. The Morgan fingerprint density at radius 2 is 2.40 bits per heavy atom. The van der Waals surface area contributed by atoms with E-state index in [2.05, 4.69) is 12.3 Å². The fraction of sp³-hybridized carbons (Fsp3) is 0.727. The van der Waals surface area contributed by atoms with Crippen molar-refractivity contribution in [2.45, 2.75) is 38.6 Å². The van der Waals surface area contributed by atoms with Gasteiger partial charge in [-0.05, 0) is 38.7 Å². The van der Waals surface area contributed by atoms with Crippen LogP contribution in [0.15, 0.2) is 11.8 Å². The summed E-state index contributed by atoms with van der Waals surface area (Å²) >= 11 is 0. The second-order valence-electron chi connectivity index (χ2n) is 4.29. The summed E-state index contributed by atoms with van der Waals surface area (Å²) in [6.45, 7) is 5.20. The van der Waals surface area contributed by atoms with Crippen molar-refractivity contribution in [1.29, 1.82) is 0 Å². The first-order valence-electron chi connectivity index (χ1n) is 5.56. The number of esters is 1. The van der Waals surface area contributed by atoms with Crippen LogP contribution >= 0.6 is 0 Å². The van der Waals surface area contributed by atoms with Gasteiger partial charge < -0.3 is 4.74 Å². The number of carbonyl (C=O) groups excluding carboxylic acids is 1. The SMILES string of the molecule is CCOC(=O)C1(N2C=C(C)CN2)CCC1. The van der Waals surface area contributed by atoms with E-state index in [-0.39, 0.29) is 5.97 Å². The van der Waals surface area contributed by atoms with E-state index in [9.17, 15) is 4.79 Å². The molecule has 0 aromatic heterocycles. The lowest BCUT2D eigenvalue weighted by atomic mass is 9.76. The zero-order valence-electron chi connectivity index (χ0n) is 9.38. The first-order valence-corrected chi connectivity index (χ1v) is 5.56. The van der Waals surface area contributed by atoms with Crippen LogP contribution in [0.3, 0.4) is 0 Å². The van der Waals surface area contributed by atoms with Crippen molar-refractivity contribution in [3.63, 3.8) is 0 Å². The molecule has 0 unspecified atom stereocenters. The van der Waals surface area contributed by atoms with E-state index in [0.717, 1.165) is 25.8 Å². The molecule has 0 saturated heterocycles. The maximum atomic E-state index is 11.9. The van der Waals surface area contributed by atoms with E-state index in [1.54, 1.807) is 0 Å². The first kappa shape index (κ1) is 10.5. The monoisotopic (exact) mass is 210 g/mol. The van der Waals surface area contributed by atoms with Crippen LogP contribution in [0.5, 0.6) is 0 Å². The molecule has 1 aliphatic carbocycles. The summed E-state index contributed by atoms with van der Waals surface area (Å²) in [6, 6.07) is 0. The standard InChI is InChI=1S/C11H18N2O2/c1-3-15-10(14)11(5-4-6-11)13-8-9(2)7-12-13/h8,12H,3-7H2,1-2H3. The Morgan fingerprint density at radius 3 is 2.80 bits per heavy atom. The molecule has 4 nitrogen and oxygen atoms in total. The van der Waals surface area contributed by atoms with Gasteiger partial charge in [-0.25, -0.2) is 10.2 Å². The van der Waals surface area contributed by atoms with Crippen LogP contribution in [-0.4, -0.2) is 29.7 Å². The van der Waals surface area contributed by atoms with Crippen molar-refractivity contribution in [3.05, 3.63) is 11.8 Å². The predicted octanol–water partition coefficient (Wildman–Crippen LogP) is 1.20. The summed E-state index contributed by atoms with van der Waals surface area (Å²) in [5.41, 5.74) is 4.06. The molecule has 0 aromatic carbocycles. The van der Waals surface area contributed by atoms with Gasteiger partial charge >= 0.3 is 5.97 Å². The molecule has 1 saturated carbocycles. The molecule has 0 radical (unpaired) electrons. The molecule has 1 heterocycles. The van der Waals surface area contributed by atoms with Gasteiger partial charge in [0.05, 0.1) is 6.61 Å². The minimum Gasteiger partial charge on any atom is -0.464 e. The molecule has 0 amide bonds. The number of nitrogens with one attached hydrogen (secondary N) is 1. The molecule has 4 heteroatoms. The summed E-state index contributed by atoms with van der Waals surface area (Å²) in [7, 11) is 0.